The zero-order valence-electron chi connectivity index (χ0n) is 14.8. The Balaban J connectivity index is 1.41. The number of aliphatic hydroxyl groups is 1. The van der Waals surface area contributed by atoms with E-state index in [9.17, 15) is 9.90 Å². The molecule has 0 bridgehead atoms. The summed E-state index contributed by atoms with van der Waals surface area (Å²) in [6, 6.07) is 2.03. The fourth-order valence-corrected chi connectivity index (χ4v) is 5.32. The van der Waals surface area contributed by atoms with Crippen LogP contribution in [0, 0.1) is 5.41 Å². The Morgan fingerprint density at radius 1 is 1.08 bits per heavy atom. The molecule has 1 saturated carbocycles. The number of carbonyl (C=O) groups excluding carboxylic acids is 1. The van der Waals surface area contributed by atoms with Gasteiger partial charge >= 0.3 is 0 Å². The summed E-state index contributed by atoms with van der Waals surface area (Å²) in [6.45, 7) is 2.44. The van der Waals surface area contributed by atoms with E-state index in [0.29, 0.717) is 22.0 Å². The number of carbonyl (C=O) groups is 1. The lowest BCUT2D eigenvalue weighted by Crippen LogP contribution is -2.47. The number of halogens is 2. The van der Waals surface area contributed by atoms with Gasteiger partial charge in [0, 0.05) is 31.9 Å². The lowest BCUT2D eigenvalue weighted by Gasteiger charge is -2.40. The Morgan fingerprint density at radius 3 is 2.38 bits per heavy atom. The summed E-state index contributed by atoms with van der Waals surface area (Å²) in [5.74, 6) is 1.09. The van der Waals surface area contributed by atoms with Gasteiger partial charge in [-0.3, -0.25) is 4.79 Å². The van der Waals surface area contributed by atoms with E-state index in [1.165, 1.54) is 0 Å². The molecule has 7 heteroatoms. The number of hydrogen-bond donors (Lipinski definition) is 1. The van der Waals surface area contributed by atoms with Crippen LogP contribution >= 0.6 is 23.2 Å². The topological polar surface area (TPSA) is 56.7 Å². The molecular weight excluding hydrogens is 373 g/mol. The predicted molar refractivity (Wildman–Crippen MR) is 103 cm³/mol. The van der Waals surface area contributed by atoms with Gasteiger partial charge in [-0.2, -0.15) is 0 Å². The minimum atomic E-state index is -0.217. The van der Waals surface area contributed by atoms with Crippen LogP contribution in [0.25, 0.3) is 0 Å². The zero-order valence-corrected chi connectivity index (χ0v) is 16.3. The van der Waals surface area contributed by atoms with Crippen LogP contribution in [0.4, 0.5) is 5.82 Å². The molecule has 1 aromatic heterocycles. The van der Waals surface area contributed by atoms with Gasteiger partial charge in [0.05, 0.1) is 21.6 Å². The Kier molecular flexibility index (Phi) is 5.06. The Labute approximate surface area is 164 Å². The first kappa shape index (κ1) is 18.3. The lowest BCUT2D eigenvalue weighted by molar-refractivity contribution is -0.139. The molecule has 5 nitrogen and oxygen atoms in total. The van der Waals surface area contributed by atoms with Gasteiger partial charge in [0.25, 0.3) is 0 Å². The molecule has 0 atom stereocenters. The Hall–Kier alpha value is -1.04. The number of amides is 1. The highest BCUT2D eigenvalue weighted by Gasteiger charge is 2.50. The number of nitrogens with zero attached hydrogens (tertiary/aromatic N) is 3. The largest absolute Gasteiger partial charge is 0.393 e. The fourth-order valence-electron chi connectivity index (χ4n) is 4.82. The van der Waals surface area contributed by atoms with Gasteiger partial charge in [0.1, 0.15) is 5.82 Å². The van der Waals surface area contributed by atoms with Crippen molar-refractivity contribution >= 4 is 34.9 Å². The van der Waals surface area contributed by atoms with Crippen molar-refractivity contribution in [2.45, 2.75) is 57.1 Å². The summed E-state index contributed by atoms with van der Waals surface area (Å²) in [6.07, 6.45) is 7.56. The van der Waals surface area contributed by atoms with E-state index >= 15 is 0 Å². The number of likely N-dealkylation sites (tertiary alicyclic amines) is 1. The van der Waals surface area contributed by atoms with Gasteiger partial charge in [-0.25, -0.2) is 4.98 Å². The highest BCUT2D eigenvalue weighted by molar-refractivity contribution is 6.36. The molecule has 142 valence electrons. The number of hydrogen-bond acceptors (Lipinski definition) is 4. The van der Waals surface area contributed by atoms with Crippen LogP contribution in [-0.2, 0) is 4.79 Å². The van der Waals surface area contributed by atoms with Crippen molar-refractivity contribution < 1.29 is 9.90 Å². The van der Waals surface area contributed by atoms with E-state index < -0.39 is 0 Å². The molecule has 2 aliphatic heterocycles. The Bertz CT molecular complexity index is 683. The molecule has 26 heavy (non-hydrogen) atoms. The van der Waals surface area contributed by atoms with Crippen molar-refractivity contribution in [3.05, 3.63) is 22.3 Å². The van der Waals surface area contributed by atoms with Crippen LogP contribution in [0.15, 0.2) is 12.3 Å². The normalized spacial score (nSPS) is 28.8. The number of aliphatic hydroxyl groups excluding tert-OH is 1. The van der Waals surface area contributed by atoms with Crippen LogP contribution in [-0.4, -0.2) is 52.7 Å². The third-order valence-electron chi connectivity index (χ3n) is 6.46. The molecule has 2 saturated heterocycles. The van der Waals surface area contributed by atoms with Crippen molar-refractivity contribution in [1.82, 2.24) is 9.88 Å². The monoisotopic (exact) mass is 397 g/mol. The van der Waals surface area contributed by atoms with E-state index in [2.05, 4.69) is 14.8 Å². The zero-order chi connectivity index (χ0) is 18.3. The quantitative estimate of drug-likeness (QED) is 0.829. The molecule has 3 fully saturated rings. The molecule has 1 spiro atoms. The van der Waals surface area contributed by atoms with E-state index in [-0.39, 0.29) is 11.5 Å². The number of anilines is 1. The van der Waals surface area contributed by atoms with Gasteiger partial charge < -0.3 is 14.9 Å². The van der Waals surface area contributed by atoms with Crippen LogP contribution in [0.1, 0.15) is 44.9 Å². The van der Waals surface area contributed by atoms with Gasteiger partial charge in [-0.15, -0.1) is 0 Å². The minimum Gasteiger partial charge on any atom is -0.393 e. The number of pyridine rings is 1. The molecule has 3 aliphatic rings. The summed E-state index contributed by atoms with van der Waals surface area (Å²) in [4.78, 5) is 21.8. The first-order valence-electron chi connectivity index (χ1n) is 9.54. The smallest absolute Gasteiger partial charge is 0.229 e. The number of rotatable bonds is 2. The molecule has 1 amide bonds. The maximum absolute atomic E-state index is 13.2. The summed E-state index contributed by atoms with van der Waals surface area (Å²) in [7, 11) is 0. The van der Waals surface area contributed by atoms with Crippen molar-refractivity contribution in [1.29, 1.82) is 0 Å². The second-order valence-corrected chi connectivity index (χ2v) is 8.78. The molecule has 0 unspecified atom stereocenters. The molecule has 4 rings (SSSR count). The highest BCUT2D eigenvalue weighted by atomic mass is 35.5. The summed E-state index contributed by atoms with van der Waals surface area (Å²) in [5.41, 5.74) is -0.217. The first-order chi connectivity index (χ1) is 12.5. The molecular formula is C19H25Cl2N3O2. The first-order valence-corrected chi connectivity index (χ1v) is 10.3. The SMILES string of the molecule is O=C1N([C@H]2CC[C@H](O)CC2)CCC12CCN(c1ncc(Cl)cc1Cl)CC2. The van der Waals surface area contributed by atoms with Crippen molar-refractivity contribution in [2.24, 2.45) is 5.41 Å². The van der Waals surface area contributed by atoms with E-state index in [1.54, 1.807) is 12.3 Å². The average molecular weight is 398 g/mol. The fraction of sp³-hybridized carbons (Fsp3) is 0.684. The van der Waals surface area contributed by atoms with Gasteiger partial charge in [0.15, 0.2) is 0 Å². The van der Waals surface area contributed by atoms with Crippen LogP contribution in [0.3, 0.4) is 0 Å². The molecule has 1 aliphatic carbocycles. The highest BCUT2D eigenvalue weighted by Crippen LogP contribution is 2.44. The molecule has 3 heterocycles. The van der Waals surface area contributed by atoms with Crippen molar-refractivity contribution in [2.75, 3.05) is 24.5 Å². The standard InChI is InChI=1S/C19H25Cl2N3O2/c20-13-11-16(21)17(22-12-13)23-8-5-19(6-9-23)7-10-24(18(19)26)14-1-3-15(25)4-2-14/h11-12,14-15,25H,1-10H2/t14-,15-. The van der Waals surface area contributed by atoms with E-state index in [1.807, 2.05) is 0 Å². The molecule has 0 radical (unpaired) electrons. The third-order valence-corrected chi connectivity index (χ3v) is 6.95. The van der Waals surface area contributed by atoms with Gasteiger partial charge in [-0.05, 0) is 51.0 Å². The van der Waals surface area contributed by atoms with Gasteiger partial charge in [0.2, 0.25) is 5.91 Å². The second kappa shape index (κ2) is 7.17. The Morgan fingerprint density at radius 2 is 1.73 bits per heavy atom. The summed E-state index contributed by atoms with van der Waals surface area (Å²) >= 11 is 12.2. The molecule has 0 aromatic carbocycles. The van der Waals surface area contributed by atoms with Crippen molar-refractivity contribution in [3.63, 3.8) is 0 Å². The maximum Gasteiger partial charge on any atom is 0.229 e. The average Bonchev–Trinajstić information content (AvgIpc) is 2.94. The lowest BCUT2D eigenvalue weighted by atomic mass is 9.77. The van der Waals surface area contributed by atoms with E-state index in [0.717, 1.165) is 70.4 Å². The molecule has 1 aromatic rings. The minimum absolute atomic E-state index is 0.183. The summed E-state index contributed by atoms with van der Waals surface area (Å²) < 4.78 is 0. The predicted octanol–water partition coefficient (Wildman–Crippen LogP) is 3.51. The van der Waals surface area contributed by atoms with Crippen LogP contribution in [0.2, 0.25) is 10.0 Å². The third kappa shape index (κ3) is 3.30. The summed E-state index contributed by atoms with van der Waals surface area (Å²) in [5, 5.41) is 10.8. The molecule has 1 N–H and O–H groups in total. The van der Waals surface area contributed by atoms with Crippen LogP contribution < -0.4 is 4.90 Å². The van der Waals surface area contributed by atoms with E-state index in [4.69, 9.17) is 23.2 Å². The number of piperidine rings is 1. The number of aromatic nitrogens is 1. The second-order valence-electron chi connectivity index (χ2n) is 7.94. The van der Waals surface area contributed by atoms with Crippen LogP contribution in [0.5, 0.6) is 0 Å². The van der Waals surface area contributed by atoms with Crippen molar-refractivity contribution in [3.8, 4) is 0 Å². The maximum atomic E-state index is 13.2. The van der Waals surface area contributed by atoms with Gasteiger partial charge in [-0.1, -0.05) is 23.2 Å².